The first-order valence-electron chi connectivity index (χ1n) is 6.78. The van der Waals surface area contributed by atoms with Gasteiger partial charge in [0.2, 0.25) is 5.95 Å². The van der Waals surface area contributed by atoms with Gasteiger partial charge in [0.25, 0.3) is 0 Å². The van der Waals surface area contributed by atoms with Gasteiger partial charge in [0.1, 0.15) is 0 Å². The summed E-state index contributed by atoms with van der Waals surface area (Å²) >= 11 is 0. The number of unbranched alkanes of at least 4 members (excludes halogenated alkanes) is 1. The SMILES string of the molecule is CCCCNC(=O)n1c(N(C)C(=O)O)nc2ccccc21. The van der Waals surface area contributed by atoms with Gasteiger partial charge < -0.3 is 10.4 Å². The van der Waals surface area contributed by atoms with Crippen molar-refractivity contribution in [1.29, 1.82) is 0 Å². The molecule has 2 rings (SSSR count). The molecule has 7 heteroatoms. The van der Waals surface area contributed by atoms with Crippen molar-refractivity contribution in [3.8, 4) is 0 Å². The third-order valence-electron chi connectivity index (χ3n) is 3.14. The van der Waals surface area contributed by atoms with Gasteiger partial charge in [-0.3, -0.25) is 0 Å². The molecule has 0 fully saturated rings. The Kier molecular flexibility index (Phi) is 4.42. The van der Waals surface area contributed by atoms with Gasteiger partial charge in [-0.2, -0.15) is 0 Å². The highest BCUT2D eigenvalue weighted by molar-refractivity contribution is 5.96. The molecule has 1 aromatic carbocycles. The van der Waals surface area contributed by atoms with E-state index in [0.717, 1.165) is 17.7 Å². The number of para-hydroxylation sites is 2. The molecule has 0 aliphatic rings. The van der Waals surface area contributed by atoms with Crippen LogP contribution < -0.4 is 10.2 Å². The second-order valence-electron chi connectivity index (χ2n) is 4.66. The van der Waals surface area contributed by atoms with Gasteiger partial charge in [-0.25, -0.2) is 24.0 Å². The minimum atomic E-state index is -1.17. The number of hydrogen-bond acceptors (Lipinski definition) is 3. The van der Waals surface area contributed by atoms with Gasteiger partial charge in [0, 0.05) is 13.6 Å². The molecular weight excluding hydrogens is 272 g/mol. The number of nitrogens with one attached hydrogen (secondary N) is 1. The van der Waals surface area contributed by atoms with Crippen molar-refractivity contribution < 1.29 is 14.7 Å². The van der Waals surface area contributed by atoms with Crippen molar-refractivity contribution >= 4 is 29.1 Å². The molecule has 0 radical (unpaired) electrons. The lowest BCUT2D eigenvalue weighted by molar-refractivity contribution is 0.203. The Morgan fingerprint density at radius 3 is 2.76 bits per heavy atom. The molecule has 21 heavy (non-hydrogen) atoms. The lowest BCUT2D eigenvalue weighted by Crippen LogP contribution is -2.34. The smallest absolute Gasteiger partial charge is 0.413 e. The van der Waals surface area contributed by atoms with E-state index in [-0.39, 0.29) is 12.0 Å². The number of imidazole rings is 1. The Labute approximate surface area is 122 Å². The zero-order valence-electron chi connectivity index (χ0n) is 12.0. The molecule has 0 aliphatic heterocycles. The molecule has 0 aliphatic carbocycles. The maximum atomic E-state index is 12.3. The van der Waals surface area contributed by atoms with E-state index in [0.29, 0.717) is 17.6 Å². The van der Waals surface area contributed by atoms with E-state index in [9.17, 15) is 9.59 Å². The highest BCUT2D eigenvalue weighted by atomic mass is 16.4. The number of hydrogen-bond donors (Lipinski definition) is 2. The van der Waals surface area contributed by atoms with Crippen LogP contribution in [0, 0.1) is 0 Å². The average Bonchev–Trinajstić information content (AvgIpc) is 2.85. The van der Waals surface area contributed by atoms with E-state index in [4.69, 9.17) is 5.11 Å². The Morgan fingerprint density at radius 1 is 1.38 bits per heavy atom. The van der Waals surface area contributed by atoms with Crippen LogP contribution in [0.15, 0.2) is 24.3 Å². The third kappa shape index (κ3) is 2.96. The number of amides is 2. The summed E-state index contributed by atoms with van der Waals surface area (Å²) in [4.78, 5) is 28.6. The molecule has 0 spiro atoms. The summed E-state index contributed by atoms with van der Waals surface area (Å²) < 4.78 is 1.29. The van der Waals surface area contributed by atoms with Gasteiger partial charge in [-0.15, -0.1) is 0 Å². The molecular formula is C14H18N4O3. The molecule has 0 bridgehead atoms. The minimum absolute atomic E-state index is 0.0812. The number of nitrogens with zero attached hydrogens (tertiary/aromatic N) is 3. The predicted molar refractivity (Wildman–Crippen MR) is 79.9 cm³/mol. The summed E-state index contributed by atoms with van der Waals surface area (Å²) in [6, 6.07) is 6.68. The summed E-state index contributed by atoms with van der Waals surface area (Å²) in [5.41, 5.74) is 1.15. The van der Waals surface area contributed by atoms with E-state index in [1.165, 1.54) is 11.6 Å². The highest BCUT2D eigenvalue weighted by Crippen LogP contribution is 2.21. The highest BCUT2D eigenvalue weighted by Gasteiger charge is 2.22. The van der Waals surface area contributed by atoms with Crippen LogP contribution in [0.5, 0.6) is 0 Å². The number of aromatic nitrogens is 2. The Balaban J connectivity index is 2.45. The normalized spacial score (nSPS) is 10.6. The van der Waals surface area contributed by atoms with Crippen LogP contribution in [-0.4, -0.2) is 40.4 Å². The molecule has 2 amide bonds. The van der Waals surface area contributed by atoms with E-state index < -0.39 is 6.09 Å². The number of rotatable bonds is 4. The molecule has 7 nitrogen and oxygen atoms in total. The molecule has 0 unspecified atom stereocenters. The largest absolute Gasteiger partial charge is 0.465 e. The predicted octanol–water partition coefficient (Wildman–Crippen LogP) is 2.51. The third-order valence-corrected chi connectivity index (χ3v) is 3.14. The van der Waals surface area contributed by atoms with E-state index in [2.05, 4.69) is 10.3 Å². The van der Waals surface area contributed by atoms with Crippen LogP contribution in [0.1, 0.15) is 19.8 Å². The molecule has 112 valence electrons. The lowest BCUT2D eigenvalue weighted by Gasteiger charge is -2.14. The number of carbonyl (C=O) groups excluding carboxylic acids is 1. The number of carboxylic acid groups (broad SMARTS) is 1. The van der Waals surface area contributed by atoms with Crippen molar-refractivity contribution in [3.05, 3.63) is 24.3 Å². The molecule has 0 atom stereocenters. The quantitative estimate of drug-likeness (QED) is 0.847. The fourth-order valence-corrected chi connectivity index (χ4v) is 1.98. The molecule has 2 aromatic rings. The molecule has 0 saturated carbocycles. The zero-order chi connectivity index (χ0) is 15.4. The second kappa shape index (κ2) is 6.25. The fraction of sp³-hybridized carbons (Fsp3) is 0.357. The summed E-state index contributed by atoms with van der Waals surface area (Å²) in [5, 5.41) is 11.9. The lowest BCUT2D eigenvalue weighted by atomic mass is 10.3. The van der Waals surface area contributed by atoms with E-state index in [1.54, 1.807) is 24.3 Å². The fourth-order valence-electron chi connectivity index (χ4n) is 1.98. The van der Waals surface area contributed by atoms with Gasteiger partial charge in [-0.1, -0.05) is 25.5 Å². The van der Waals surface area contributed by atoms with Crippen LogP contribution >= 0.6 is 0 Å². The average molecular weight is 290 g/mol. The van der Waals surface area contributed by atoms with Crippen LogP contribution in [-0.2, 0) is 0 Å². The maximum Gasteiger partial charge on any atom is 0.413 e. The summed E-state index contributed by atoms with van der Waals surface area (Å²) in [6.45, 7) is 2.57. The standard InChI is InChI=1S/C14H18N4O3/c1-3-4-9-15-13(19)18-11-8-6-5-7-10(11)16-12(18)17(2)14(20)21/h5-8H,3-4,9H2,1-2H3,(H,15,19)(H,20,21). The molecule has 1 heterocycles. The Bertz CT molecular complexity index is 665. The van der Waals surface area contributed by atoms with Gasteiger partial charge in [0.05, 0.1) is 11.0 Å². The topological polar surface area (TPSA) is 87.5 Å². The molecule has 1 aromatic heterocycles. The van der Waals surface area contributed by atoms with Crippen molar-refractivity contribution in [1.82, 2.24) is 14.9 Å². The minimum Gasteiger partial charge on any atom is -0.465 e. The number of benzene rings is 1. The van der Waals surface area contributed by atoms with Crippen LogP contribution in [0.2, 0.25) is 0 Å². The van der Waals surface area contributed by atoms with Gasteiger partial charge >= 0.3 is 12.1 Å². The Morgan fingerprint density at radius 2 is 2.10 bits per heavy atom. The first-order chi connectivity index (χ1) is 10.1. The Hall–Kier alpha value is -2.57. The molecule has 2 N–H and O–H groups in total. The van der Waals surface area contributed by atoms with Crippen molar-refractivity contribution in [2.24, 2.45) is 0 Å². The summed E-state index contributed by atoms with van der Waals surface area (Å²) in [6.07, 6.45) is 0.655. The maximum absolute atomic E-state index is 12.3. The van der Waals surface area contributed by atoms with Crippen molar-refractivity contribution in [2.45, 2.75) is 19.8 Å². The van der Waals surface area contributed by atoms with Crippen LogP contribution in [0.25, 0.3) is 11.0 Å². The van der Waals surface area contributed by atoms with Gasteiger partial charge in [-0.05, 0) is 18.6 Å². The monoisotopic (exact) mass is 290 g/mol. The van der Waals surface area contributed by atoms with Crippen molar-refractivity contribution in [2.75, 3.05) is 18.5 Å². The number of carbonyl (C=O) groups is 2. The van der Waals surface area contributed by atoms with Gasteiger partial charge in [0.15, 0.2) is 0 Å². The van der Waals surface area contributed by atoms with E-state index in [1.807, 2.05) is 6.92 Å². The summed E-state index contributed by atoms with van der Waals surface area (Å²) in [5.74, 6) is 0.0812. The first-order valence-corrected chi connectivity index (χ1v) is 6.78. The molecule has 0 saturated heterocycles. The van der Waals surface area contributed by atoms with Crippen LogP contribution in [0.3, 0.4) is 0 Å². The number of fused-ring (bicyclic) bond motifs is 1. The first kappa shape index (κ1) is 14.8. The zero-order valence-corrected chi connectivity index (χ0v) is 12.0. The van der Waals surface area contributed by atoms with E-state index >= 15 is 0 Å². The van der Waals surface area contributed by atoms with Crippen LogP contribution in [0.4, 0.5) is 15.5 Å². The second-order valence-corrected chi connectivity index (χ2v) is 4.66. The van der Waals surface area contributed by atoms with Crippen molar-refractivity contribution in [3.63, 3.8) is 0 Å². The number of anilines is 1. The summed E-state index contributed by atoms with van der Waals surface area (Å²) in [7, 11) is 1.36.